The number of nitrogens with two attached hydrogens (primary N) is 1. The van der Waals surface area contributed by atoms with Gasteiger partial charge in [0.2, 0.25) is 29.1 Å². The fraction of sp³-hybridized carbons (Fsp3) is 0.364. The van der Waals surface area contributed by atoms with Crippen molar-refractivity contribution in [3.63, 3.8) is 0 Å². The van der Waals surface area contributed by atoms with Gasteiger partial charge in [0, 0.05) is 43.5 Å². The van der Waals surface area contributed by atoms with Crippen molar-refractivity contribution in [2.24, 2.45) is 17.6 Å². The van der Waals surface area contributed by atoms with E-state index in [0.29, 0.717) is 12.1 Å². The van der Waals surface area contributed by atoms with Gasteiger partial charge < -0.3 is 20.7 Å². The standard InChI is InChI=1S/C22H21N5O7/c1-3-27-7-8(20(32)33)17(29)14-11(27)5-4-9-15(14)22(21(34)24-9)16-13(10(25-22)6-12(23)28)18(30)26(2)19(16)31/h4-5,7,10,13,16,25H,3,6H2,1-2H3,(H2,23,28)(H,24,34)(H,32,33). The lowest BCUT2D eigenvalue weighted by atomic mass is 9.75. The number of nitrogens with zero attached hydrogens (tertiary/aromatic N) is 2. The number of anilines is 1. The van der Waals surface area contributed by atoms with Crippen LogP contribution in [-0.4, -0.2) is 57.3 Å². The third-order valence-corrected chi connectivity index (χ3v) is 7.13. The number of nitrogens with one attached hydrogen (secondary N) is 2. The molecule has 176 valence electrons. The lowest BCUT2D eigenvalue weighted by molar-refractivity contribution is -0.141. The lowest BCUT2D eigenvalue weighted by Crippen LogP contribution is -2.53. The second kappa shape index (κ2) is 6.97. The maximum absolute atomic E-state index is 13.5. The van der Waals surface area contributed by atoms with E-state index in [2.05, 4.69) is 10.6 Å². The van der Waals surface area contributed by atoms with Gasteiger partial charge in [-0.05, 0) is 19.1 Å². The Morgan fingerprint density at radius 2 is 1.88 bits per heavy atom. The zero-order valence-corrected chi connectivity index (χ0v) is 18.2. The summed E-state index contributed by atoms with van der Waals surface area (Å²) in [4.78, 5) is 77.7. The SMILES string of the molecule is CCn1cc(C(=O)O)c(=O)c2c3c(ccc21)NC(=O)C31NC(CC(N)=O)C2C(=O)N(C)C(=O)C21. The number of carbonyl (C=O) groups excluding carboxylic acids is 4. The Labute approximate surface area is 191 Å². The zero-order valence-electron chi connectivity index (χ0n) is 18.2. The molecule has 3 aliphatic heterocycles. The van der Waals surface area contributed by atoms with Crippen LogP contribution in [0.25, 0.3) is 10.9 Å². The quantitative estimate of drug-likeness (QED) is 0.411. The summed E-state index contributed by atoms with van der Waals surface area (Å²) in [7, 11) is 1.29. The number of carboxylic acid groups (broad SMARTS) is 1. The van der Waals surface area contributed by atoms with Crippen LogP contribution in [0.4, 0.5) is 5.69 Å². The molecule has 1 aromatic heterocycles. The van der Waals surface area contributed by atoms with E-state index < -0.39 is 64.0 Å². The minimum atomic E-state index is -1.86. The normalized spacial score (nSPS) is 27.4. The second-order valence-corrected chi connectivity index (χ2v) is 8.77. The van der Waals surface area contributed by atoms with Crippen LogP contribution >= 0.6 is 0 Å². The van der Waals surface area contributed by atoms with E-state index in [1.165, 1.54) is 13.2 Å². The number of primary amides is 1. The van der Waals surface area contributed by atoms with E-state index in [-0.39, 0.29) is 23.1 Å². The highest BCUT2D eigenvalue weighted by atomic mass is 16.4. The van der Waals surface area contributed by atoms with Crippen molar-refractivity contribution in [1.29, 1.82) is 0 Å². The van der Waals surface area contributed by atoms with Gasteiger partial charge in [-0.25, -0.2) is 4.79 Å². The number of imide groups is 1. The summed E-state index contributed by atoms with van der Waals surface area (Å²) in [5.41, 5.74) is 2.90. The second-order valence-electron chi connectivity index (χ2n) is 8.77. The van der Waals surface area contributed by atoms with Crippen molar-refractivity contribution in [3.8, 4) is 0 Å². The van der Waals surface area contributed by atoms with E-state index in [0.717, 1.165) is 4.90 Å². The van der Waals surface area contributed by atoms with Crippen molar-refractivity contribution in [2.75, 3.05) is 12.4 Å². The van der Waals surface area contributed by atoms with Crippen molar-refractivity contribution in [2.45, 2.75) is 31.5 Å². The smallest absolute Gasteiger partial charge is 0.341 e. The molecule has 34 heavy (non-hydrogen) atoms. The predicted molar refractivity (Wildman–Crippen MR) is 117 cm³/mol. The Morgan fingerprint density at radius 3 is 2.50 bits per heavy atom. The van der Waals surface area contributed by atoms with Crippen molar-refractivity contribution >= 4 is 46.2 Å². The minimum absolute atomic E-state index is 0.0432. The van der Waals surface area contributed by atoms with E-state index in [1.54, 1.807) is 23.6 Å². The van der Waals surface area contributed by atoms with E-state index >= 15 is 0 Å². The molecule has 4 atom stereocenters. The molecule has 0 radical (unpaired) electrons. The van der Waals surface area contributed by atoms with Gasteiger partial charge in [0.05, 0.1) is 22.7 Å². The van der Waals surface area contributed by atoms with Crippen LogP contribution in [0.3, 0.4) is 0 Å². The van der Waals surface area contributed by atoms with Gasteiger partial charge >= 0.3 is 5.97 Å². The van der Waals surface area contributed by atoms with Gasteiger partial charge in [0.1, 0.15) is 11.1 Å². The average molecular weight is 467 g/mol. The first kappa shape index (κ1) is 21.8. The summed E-state index contributed by atoms with van der Waals surface area (Å²) in [6, 6.07) is 2.22. The molecule has 1 spiro atoms. The first-order chi connectivity index (χ1) is 16.0. The fourth-order valence-electron chi connectivity index (χ4n) is 5.74. The molecule has 4 heterocycles. The Bertz CT molecular complexity index is 1410. The molecular formula is C22H21N5O7. The zero-order chi connectivity index (χ0) is 24.7. The number of aromatic carboxylic acids is 1. The number of aryl methyl sites for hydroxylation is 1. The third-order valence-electron chi connectivity index (χ3n) is 7.13. The lowest BCUT2D eigenvalue weighted by Gasteiger charge is -2.29. The number of rotatable bonds is 4. The highest BCUT2D eigenvalue weighted by Crippen LogP contribution is 2.54. The third kappa shape index (κ3) is 2.51. The molecule has 12 nitrogen and oxygen atoms in total. The van der Waals surface area contributed by atoms with E-state index in [4.69, 9.17) is 5.73 Å². The van der Waals surface area contributed by atoms with Crippen LogP contribution in [0, 0.1) is 11.8 Å². The van der Waals surface area contributed by atoms with Crippen LogP contribution in [0.15, 0.2) is 23.1 Å². The molecular weight excluding hydrogens is 446 g/mol. The average Bonchev–Trinajstić information content (AvgIpc) is 3.34. The number of carboxylic acids is 1. The van der Waals surface area contributed by atoms with Gasteiger partial charge in [0.15, 0.2) is 0 Å². The molecule has 0 aliphatic carbocycles. The number of hydrogen-bond donors (Lipinski definition) is 4. The van der Waals surface area contributed by atoms with Gasteiger partial charge in [-0.2, -0.15) is 0 Å². The minimum Gasteiger partial charge on any atom is -0.477 e. The number of hydrogen-bond acceptors (Lipinski definition) is 7. The topological polar surface area (TPSA) is 181 Å². The molecule has 1 aromatic carbocycles. The molecule has 5 N–H and O–H groups in total. The van der Waals surface area contributed by atoms with E-state index in [9.17, 15) is 33.9 Å². The van der Waals surface area contributed by atoms with Gasteiger partial charge in [-0.1, -0.05) is 0 Å². The number of benzene rings is 1. The summed E-state index contributed by atoms with van der Waals surface area (Å²) in [6.07, 6.45) is 0.914. The summed E-state index contributed by atoms with van der Waals surface area (Å²) < 4.78 is 1.57. The highest BCUT2D eigenvalue weighted by Gasteiger charge is 2.70. The molecule has 2 fully saturated rings. The maximum atomic E-state index is 13.5. The summed E-state index contributed by atoms with van der Waals surface area (Å²) >= 11 is 0. The fourth-order valence-corrected chi connectivity index (χ4v) is 5.74. The molecule has 3 aliphatic rings. The molecule has 0 saturated carbocycles. The number of aromatic nitrogens is 1. The highest BCUT2D eigenvalue weighted by molar-refractivity contribution is 6.18. The van der Waals surface area contributed by atoms with Crippen LogP contribution < -0.4 is 21.8 Å². The number of carbonyl (C=O) groups is 5. The van der Waals surface area contributed by atoms with Crippen LogP contribution in [0.2, 0.25) is 0 Å². The molecule has 2 aromatic rings. The summed E-state index contributed by atoms with van der Waals surface area (Å²) in [5, 5.41) is 15.3. The van der Waals surface area contributed by atoms with Crippen molar-refractivity contribution < 1.29 is 29.1 Å². The van der Waals surface area contributed by atoms with E-state index in [1.807, 2.05) is 0 Å². The summed E-state index contributed by atoms with van der Waals surface area (Å²) in [5.74, 6) is -6.35. The first-order valence-corrected chi connectivity index (χ1v) is 10.7. The Balaban J connectivity index is 1.89. The monoisotopic (exact) mass is 467 g/mol. The number of fused-ring (bicyclic) bond motifs is 6. The van der Waals surface area contributed by atoms with Crippen molar-refractivity contribution in [3.05, 3.63) is 39.7 Å². The summed E-state index contributed by atoms with van der Waals surface area (Å²) in [6.45, 7) is 2.09. The molecule has 4 unspecified atom stereocenters. The molecule has 5 rings (SSSR count). The molecule has 2 saturated heterocycles. The Kier molecular flexibility index (Phi) is 4.46. The van der Waals surface area contributed by atoms with Gasteiger partial charge in [0.25, 0.3) is 0 Å². The molecule has 12 heteroatoms. The Morgan fingerprint density at radius 1 is 1.18 bits per heavy atom. The number of pyridine rings is 1. The van der Waals surface area contributed by atoms with Gasteiger partial charge in [-0.15, -0.1) is 0 Å². The number of amides is 4. The van der Waals surface area contributed by atoms with Crippen LogP contribution in [0.1, 0.15) is 29.3 Å². The van der Waals surface area contributed by atoms with Crippen LogP contribution in [-0.2, 0) is 31.3 Å². The Hall–Kier alpha value is -4.06. The van der Waals surface area contributed by atoms with Gasteiger partial charge in [-0.3, -0.25) is 34.2 Å². The molecule has 0 bridgehead atoms. The number of likely N-dealkylation sites (tertiary alicyclic amines) is 1. The van der Waals surface area contributed by atoms with Crippen LogP contribution in [0.5, 0.6) is 0 Å². The van der Waals surface area contributed by atoms with Crippen molar-refractivity contribution in [1.82, 2.24) is 14.8 Å². The molecule has 4 amide bonds. The largest absolute Gasteiger partial charge is 0.477 e. The first-order valence-electron chi connectivity index (χ1n) is 10.7. The maximum Gasteiger partial charge on any atom is 0.341 e. The predicted octanol–water partition coefficient (Wildman–Crippen LogP) is -1.05.